The number of halogens is 1. The van der Waals surface area contributed by atoms with Gasteiger partial charge in [-0.1, -0.05) is 43.5 Å². The summed E-state index contributed by atoms with van der Waals surface area (Å²) in [7, 11) is 0. The predicted molar refractivity (Wildman–Crippen MR) is 94.2 cm³/mol. The van der Waals surface area contributed by atoms with E-state index in [4.69, 9.17) is 11.6 Å². The lowest BCUT2D eigenvalue weighted by molar-refractivity contribution is -0.139. The van der Waals surface area contributed by atoms with E-state index in [1.165, 1.54) is 4.70 Å². The van der Waals surface area contributed by atoms with E-state index in [2.05, 4.69) is 6.92 Å². The van der Waals surface area contributed by atoms with Crippen molar-refractivity contribution in [3.05, 3.63) is 47.0 Å². The van der Waals surface area contributed by atoms with E-state index in [0.717, 1.165) is 38.9 Å². The summed E-state index contributed by atoms with van der Waals surface area (Å²) in [4.78, 5) is 11.5. The molecule has 3 rings (SSSR count). The summed E-state index contributed by atoms with van der Waals surface area (Å²) < 4.78 is 2.30. The molecule has 114 valence electrons. The van der Waals surface area contributed by atoms with E-state index in [1.807, 2.05) is 36.4 Å². The molecule has 1 unspecified atom stereocenters. The summed E-state index contributed by atoms with van der Waals surface area (Å²) in [6.45, 7) is 2.08. The van der Waals surface area contributed by atoms with Crippen LogP contribution >= 0.6 is 22.9 Å². The number of benzene rings is 2. The molecule has 0 radical (unpaired) electrons. The van der Waals surface area contributed by atoms with Crippen molar-refractivity contribution in [2.24, 2.45) is 0 Å². The van der Waals surface area contributed by atoms with E-state index >= 15 is 0 Å². The van der Waals surface area contributed by atoms with Crippen LogP contribution in [0.5, 0.6) is 0 Å². The molecule has 1 N–H and O–H groups in total. The Bertz CT molecular complexity index is 838. The van der Waals surface area contributed by atoms with E-state index in [9.17, 15) is 9.90 Å². The van der Waals surface area contributed by atoms with Crippen LogP contribution in [0, 0.1) is 0 Å². The molecule has 0 bridgehead atoms. The number of carboxylic acids is 1. The minimum atomic E-state index is -0.739. The van der Waals surface area contributed by atoms with Gasteiger partial charge in [-0.05, 0) is 36.2 Å². The maximum Gasteiger partial charge on any atom is 0.310 e. The average Bonchev–Trinajstić information content (AvgIpc) is 2.84. The van der Waals surface area contributed by atoms with Gasteiger partial charge in [-0.3, -0.25) is 4.79 Å². The van der Waals surface area contributed by atoms with Crippen LogP contribution in [0.15, 0.2) is 36.4 Å². The lowest BCUT2D eigenvalue weighted by Crippen LogP contribution is -2.11. The summed E-state index contributed by atoms with van der Waals surface area (Å²) in [6.07, 6.45) is 2.62. The van der Waals surface area contributed by atoms with Crippen LogP contribution in [0.1, 0.15) is 37.7 Å². The Kier molecular flexibility index (Phi) is 4.37. The zero-order valence-corrected chi connectivity index (χ0v) is 13.9. The van der Waals surface area contributed by atoms with Crippen LogP contribution in [0.25, 0.3) is 20.2 Å². The molecule has 0 spiro atoms. The molecule has 0 aliphatic rings. The van der Waals surface area contributed by atoms with E-state index < -0.39 is 11.9 Å². The molecule has 0 amide bonds. The maximum atomic E-state index is 11.5. The molecule has 0 fully saturated rings. The van der Waals surface area contributed by atoms with Crippen LogP contribution in [0.3, 0.4) is 0 Å². The second-order valence-electron chi connectivity index (χ2n) is 5.53. The van der Waals surface area contributed by atoms with Crippen LogP contribution in [0.2, 0.25) is 5.02 Å². The number of carbonyl (C=O) groups is 1. The molecule has 1 aromatic heterocycles. The third-order valence-corrected chi connectivity index (χ3v) is 5.37. The Balaban J connectivity index is 2.08. The molecule has 0 aliphatic heterocycles. The fraction of sp³-hybridized carbons (Fsp3) is 0.278. The van der Waals surface area contributed by atoms with Gasteiger partial charge in [-0.15, -0.1) is 11.3 Å². The summed E-state index contributed by atoms with van der Waals surface area (Å²) in [6, 6.07) is 11.9. The highest BCUT2D eigenvalue weighted by Crippen LogP contribution is 2.37. The largest absolute Gasteiger partial charge is 0.481 e. The van der Waals surface area contributed by atoms with Gasteiger partial charge in [0.05, 0.1) is 5.92 Å². The molecule has 3 aromatic rings. The van der Waals surface area contributed by atoms with Crippen molar-refractivity contribution in [2.45, 2.75) is 32.1 Å². The number of hydrogen-bond acceptors (Lipinski definition) is 2. The maximum absolute atomic E-state index is 11.5. The smallest absolute Gasteiger partial charge is 0.310 e. The first-order valence-corrected chi connectivity index (χ1v) is 8.64. The number of unbranched alkanes of at least 4 members (excludes halogenated alkanes) is 1. The second-order valence-corrected chi connectivity index (χ2v) is 7.05. The molecule has 0 aliphatic carbocycles. The van der Waals surface area contributed by atoms with Crippen LogP contribution in [0.4, 0.5) is 0 Å². The molecule has 22 heavy (non-hydrogen) atoms. The molecule has 1 heterocycles. The lowest BCUT2D eigenvalue weighted by Gasteiger charge is -2.12. The molecule has 0 saturated carbocycles. The Morgan fingerprint density at radius 1 is 1.18 bits per heavy atom. The Hall–Kier alpha value is -1.58. The van der Waals surface area contributed by atoms with Gasteiger partial charge < -0.3 is 5.11 Å². The van der Waals surface area contributed by atoms with E-state index in [0.29, 0.717) is 6.42 Å². The zero-order chi connectivity index (χ0) is 15.7. The van der Waals surface area contributed by atoms with Gasteiger partial charge in [0, 0.05) is 25.2 Å². The number of aliphatic carboxylic acids is 1. The van der Waals surface area contributed by atoms with Gasteiger partial charge in [0.15, 0.2) is 0 Å². The van der Waals surface area contributed by atoms with E-state index in [1.54, 1.807) is 11.3 Å². The van der Waals surface area contributed by atoms with Crippen molar-refractivity contribution in [2.75, 3.05) is 0 Å². The summed E-state index contributed by atoms with van der Waals surface area (Å²) in [5.41, 5.74) is 0.895. The van der Waals surface area contributed by atoms with Gasteiger partial charge >= 0.3 is 5.97 Å². The first-order valence-electron chi connectivity index (χ1n) is 7.44. The first kappa shape index (κ1) is 15.3. The van der Waals surface area contributed by atoms with Gasteiger partial charge in [0.1, 0.15) is 0 Å². The Morgan fingerprint density at radius 2 is 2.00 bits per heavy atom. The third-order valence-electron chi connectivity index (χ3n) is 4.00. The number of fused-ring (bicyclic) bond motifs is 3. The average molecular weight is 333 g/mol. The number of hydrogen-bond donors (Lipinski definition) is 1. The summed E-state index contributed by atoms with van der Waals surface area (Å²) in [5, 5.41) is 12.5. The molecule has 2 aromatic carbocycles. The van der Waals surface area contributed by atoms with Crippen molar-refractivity contribution >= 4 is 49.1 Å². The fourth-order valence-electron chi connectivity index (χ4n) is 2.82. The molecule has 0 saturated heterocycles. The van der Waals surface area contributed by atoms with Gasteiger partial charge in [-0.25, -0.2) is 0 Å². The highest BCUT2D eigenvalue weighted by Gasteiger charge is 2.20. The minimum absolute atomic E-state index is 0.418. The predicted octanol–water partition coefficient (Wildman–Crippen LogP) is 6.07. The zero-order valence-electron chi connectivity index (χ0n) is 12.3. The van der Waals surface area contributed by atoms with Gasteiger partial charge in [0.25, 0.3) is 0 Å². The third kappa shape index (κ3) is 2.83. The van der Waals surface area contributed by atoms with Crippen LogP contribution in [-0.4, -0.2) is 11.1 Å². The minimum Gasteiger partial charge on any atom is -0.481 e. The van der Waals surface area contributed by atoms with Gasteiger partial charge in [0.2, 0.25) is 0 Å². The number of thiophene rings is 1. The summed E-state index contributed by atoms with van der Waals surface area (Å²) in [5.74, 6) is -1.16. The second kappa shape index (κ2) is 6.27. The van der Waals surface area contributed by atoms with Crippen LogP contribution in [-0.2, 0) is 4.79 Å². The first-order chi connectivity index (χ1) is 10.6. The molecule has 1 atom stereocenters. The topological polar surface area (TPSA) is 37.3 Å². The standard InChI is InChI=1S/C18H17ClO2S/c1-2-3-4-13(18(20)21)11-5-7-14-15-10-12(19)6-8-16(15)22-17(14)9-11/h5-10,13H,2-4H2,1H3,(H,20,21). The van der Waals surface area contributed by atoms with Crippen molar-refractivity contribution < 1.29 is 9.90 Å². The van der Waals surface area contributed by atoms with E-state index in [-0.39, 0.29) is 0 Å². The van der Waals surface area contributed by atoms with Crippen molar-refractivity contribution in [1.82, 2.24) is 0 Å². The molecular weight excluding hydrogens is 316 g/mol. The molecule has 2 nitrogen and oxygen atoms in total. The fourth-order valence-corrected chi connectivity index (χ4v) is 4.13. The molecule has 4 heteroatoms. The number of carboxylic acid groups (broad SMARTS) is 1. The Morgan fingerprint density at radius 3 is 2.73 bits per heavy atom. The SMILES string of the molecule is CCCCC(C(=O)O)c1ccc2c(c1)sc1ccc(Cl)cc12. The molecular formula is C18H17ClO2S. The highest BCUT2D eigenvalue weighted by molar-refractivity contribution is 7.25. The summed E-state index contributed by atoms with van der Waals surface area (Å²) >= 11 is 7.77. The Labute approximate surface area is 138 Å². The van der Waals surface area contributed by atoms with Crippen molar-refractivity contribution in [3.63, 3.8) is 0 Å². The van der Waals surface area contributed by atoms with Gasteiger partial charge in [-0.2, -0.15) is 0 Å². The lowest BCUT2D eigenvalue weighted by atomic mass is 9.93. The normalized spacial score (nSPS) is 12.8. The quantitative estimate of drug-likeness (QED) is 0.616. The van der Waals surface area contributed by atoms with Crippen molar-refractivity contribution in [3.8, 4) is 0 Å². The monoisotopic (exact) mass is 332 g/mol. The highest BCUT2D eigenvalue weighted by atomic mass is 35.5. The van der Waals surface area contributed by atoms with Crippen molar-refractivity contribution in [1.29, 1.82) is 0 Å². The van der Waals surface area contributed by atoms with Crippen LogP contribution < -0.4 is 0 Å². The number of rotatable bonds is 5.